The maximum absolute atomic E-state index is 14.3. The second kappa shape index (κ2) is 13.2. The summed E-state index contributed by atoms with van der Waals surface area (Å²) in [5.74, 6) is 0.495. The highest BCUT2D eigenvalue weighted by molar-refractivity contribution is 7.92. The predicted molar refractivity (Wildman–Crippen MR) is 169 cm³/mol. The Morgan fingerprint density at radius 2 is 1.56 bits per heavy atom. The first kappa shape index (κ1) is 31.7. The summed E-state index contributed by atoms with van der Waals surface area (Å²) in [5, 5.41) is -0.481. The Balaban J connectivity index is 1.88. The molecule has 2 aliphatic carbocycles. The van der Waals surface area contributed by atoms with Crippen molar-refractivity contribution in [3.8, 4) is 0 Å². The smallest absolute Gasteiger partial charge is 0.182 e. The minimum Gasteiger partial charge on any atom is -0.223 e. The fourth-order valence-electron chi connectivity index (χ4n) is 7.78. The van der Waals surface area contributed by atoms with Gasteiger partial charge in [-0.15, -0.1) is 0 Å². The van der Waals surface area contributed by atoms with Crippen molar-refractivity contribution in [3.05, 3.63) is 77.4 Å². The van der Waals surface area contributed by atoms with Crippen molar-refractivity contribution in [1.82, 2.24) is 0 Å². The van der Waals surface area contributed by atoms with Crippen LogP contribution >= 0.6 is 0 Å². The molecule has 39 heavy (non-hydrogen) atoms. The Labute approximate surface area is 240 Å². The summed E-state index contributed by atoms with van der Waals surface area (Å²) in [6.45, 7) is 20.4. The van der Waals surface area contributed by atoms with E-state index in [9.17, 15) is 8.42 Å². The molecule has 0 saturated heterocycles. The largest absolute Gasteiger partial charge is 0.223 e. The lowest BCUT2D eigenvalue weighted by Gasteiger charge is -2.59. The van der Waals surface area contributed by atoms with Gasteiger partial charge in [-0.3, -0.25) is 0 Å². The third kappa shape index (κ3) is 7.66. The van der Waals surface area contributed by atoms with Gasteiger partial charge in [-0.05, 0) is 114 Å². The van der Waals surface area contributed by atoms with Crippen LogP contribution in [-0.2, 0) is 9.84 Å². The maximum atomic E-state index is 14.3. The predicted octanol–water partition coefficient (Wildman–Crippen LogP) is 10.4. The molecule has 0 heterocycles. The monoisotopic (exact) mass is 550 g/mol. The Bertz CT molecular complexity index is 1180. The van der Waals surface area contributed by atoms with Crippen molar-refractivity contribution in [2.24, 2.45) is 22.7 Å². The Morgan fingerprint density at radius 3 is 2.21 bits per heavy atom. The molecule has 0 aliphatic heterocycles. The molecular formula is C36H54O2S. The molecule has 3 rings (SSSR count). The SMILES string of the molecule is C=C1CC[C@H]2C(C)(C)CCC[C@]2(C)[C@H]1C(C/C=C(\C)CC/C=C(\C)CCC=C(C)C)S(=O)(=O)c1ccccc1. The van der Waals surface area contributed by atoms with Crippen molar-refractivity contribution in [1.29, 1.82) is 0 Å². The highest BCUT2D eigenvalue weighted by Crippen LogP contribution is 2.62. The number of allylic oxidation sites excluding steroid dienone is 7. The summed E-state index contributed by atoms with van der Waals surface area (Å²) >= 11 is 0. The van der Waals surface area contributed by atoms with Crippen LogP contribution in [-0.4, -0.2) is 13.7 Å². The Hall–Kier alpha value is -1.87. The Kier molecular flexibility index (Phi) is 10.7. The number of benzene rings is 1. The minimum atomic E-state index is -3.53. The van der Waals surface area contributed by atoms with Crippen LogP contribution in [0.15, 0.2) is 82.3 Å². The van der Waals surface area contributed by atoms with Crippen LogP contribution < -0.4 is 0 Å². The van der Waals surface area contributed by atoms with Crippen LogP contribution in [0.25, 0.3) is 0 Å². The summed E-state index contributed by atoms with van der Waals surface area (Å²) in [6.07, 6.45) is 17.2. The average molecular weight is 551 g/mol. The van der Waals surface area contributed by atoms with Gasteiger partial charge in [-0.25, -0.2) is 8.42 Å². The fourth-order valence-corrected chi connectivity index (χ4v) is 9.88. The quantitative estimate of drug-likeness (QED) is 0.257. The molecule has 4 atom stereocenters. The molecule has 0 bridgehead atoms. The van der Waals surface area contributed by atoms with E-state index >= 15 is 0 Å². The lowest BCUT2D eigenvalue weighted by atomic mass is 9.47. The van der Waals surface area contributed by atoms with Gasteiger partial charge in [-0.2, -0.15) is 0 Å². The first-order valence-corrected chi connectivity index (χ1v) is 16.7. The van der Waals surface area contributed by atoms with Gasteiger partial charge in [0, 0.05) is 5.92 Å². The van der Waals surface area contributed by atoms with E-state index in [0.717, 1.165) is 56.9 Å². The Morgan fingerprint density at radius 1 is 0.949 bits per heavy atom. The van der Waals surface area contributed by atoms with E-state index in [1.54, 1.807) is 12.1 Å². The number of sulfone groups is 1. The molecule has 0 amide bonds. The van der Waals surface area contributed by atoms with Crippen molar-refractivity contribution in [3.63, 3.8) is 0 Å². The molecule has 1 aromatic carbocycles. The van der Waals surface area contributed by atoms with E-state index in [0.29, 0.717) is 17.2 Å². The van der Waals surface area contributed by atoms with Crippen LogP contribution in [0.4, 0.5) is 0 Å². The zero-order chi connectivity index (χ0) is 28.8. The third-order valence-corrected chi connectivity index (χ3v) is 12.0. The van der Waals surface area contributed by atoms with E-state index < -0.39 is 15.1 Å². The molecule has 2 aliphatic rings. The van der Waals surface area contributed by atoms with Gasteiger partial charge in [0.05, 0.1) is 10.1 Å². The zero-order valence-electron chi connectivity index (χ0n) is 25.9. The second-order valence-corrected chi connectivity index (χ2v) is 15.8. The highest BCUT2D eigenvalue weighted by atomic mass is 32.2. The number of hydrogen-bond donors (Lipinski definition) is 0. The second-order valence-electron chi connectivity index (χ2n) is 13.7. The first-order valence-electron chi connectivity index (χ1n) is 15.2. The van der Waals surface area contributed by atoms with Gasteiger partial charge in [-0.1, -0.05) is 92.5 Å². The van der Waals surface area contributed by atoms with Crippen LogP contribution in [0, 0.1) is 22.7 Å². The molecule has 1 aromatic rings. The molecular weight excluding hydrogens is 496 g/mol. The van der Waals surface area contributed by atoms with Gasteiger partial charge >= 0.3 is 0 Å². The lowest BCUT2D eigenvalue weighted by Crippen LogP contribution is -2.53. The van der Waals surface area contributed by atoms with Gasteiger partial charge < -0.3 is 0 Å². The minimum absolute atomic E-state index is 0.0256. The topological polar surface area (TPSA) is 34.1 Å². The summed E-state index contributed by atoms with van der Waals surface area (Å²) in [7, 11) is -3.53. The number of hydrogen-bond acceptors (Lipinski definition) is 2. The third-order valence-electron chi connectivity index (χ3n) is 9.84. The van der Waals surface area contributed by atoms with E-state index in [-0.39, 0.29) is 16.7 Å². The number of fused-ring (bicyclic) bond motifs is 1. The maximum Gasteiger partial charge on any atom is 0.182 e. The van der Waals surface area contributed by atoms with Crippen molar-refractivity contribution >= 4 is 9.84 Å². The van der Waals surface area contributed by atoms with Crippen LogP contribution in [0.5, 0.6) is 0 Å². The molecule has 2 saturated carbocycles. The summed E-state index contributed by atoms with van der Waals surface area (Å²) in [4.78, 5) is 0.449. The van der Waals surface area contributed by atoms with Crippen molar-refractivity contribution < 1.29 is 8.42 Å². The van der Waals surface area contributed by atoms with Crippen molar-refractivity contribution in [2.75, 3.05) is 0 Å². The standard InChI is InChI=1S/C36H54O2S/c1-27(2)15-12-16-28(3)17-13-18-29(4)21-23-32(39(37,38)31-19-10-9-11-20-31)34-30(5)22-24-33-35(6,7)25-14-26-36(33,34)8/h9-11,15,17,19-21,32-34H,5,12-14,16,18,22-26H2,1-4,6-8H3/b28-17+,29-21+/t32?,33-,34+,36-/m0/s1. The molecule has 1 unspecified atom stereocenters. The first-order chi connectivity index (χ1) is 18.3. The van der Waals surface area contributed by atoms with Crippen molar-refractivity contribution in [2.45, 2.75) is 123 Å². The molecule has 0 radical (unpaired) electrons. The summed E-state index contributed by atoms with van der Waals surface area (Å²) in [6, 6.07) is 9.14. The van der Waals surface area contributed by atoms with Gasteiger partial charge in [0.2, 0.25) is 0 Å². The zero-order valence-corrected chi connectivity index (χ0v) is 26.7. The molecule has 2 fully saturated rings. The van der Waals surface area contributed by atoms with E-state index in [1.807, 2.05) is 18.2 Å². The molecule has 0 aromatic heterocycles. The van der Waals surface area contributed by atoms with Gasteiger partial charge in [0.15, 0.2) is 9.84 Å². The normalized spacial score (nSPS) is 26.6. The molecule has 0 spiro atoms. The van der Waals surface area contributed by atoms with Crippen LogP contribution in [0.1, 0.15) is 113 Å². The molecule has 3 heteroatoms. The van der Waals surface area contributed by atoms with E-state index in [4.69, 9.17) is 0 Å². The van der Waals surface area contributed by atoms with Gasteiger partial charge in [0.1, 0.15) is 0 Å². The van der Waals surface area contributed by atoms with Gasteiger partial charge in [0.25, 0.3) is 0 Å². The van der Waals surface area contributed by atoms with E-state index in [1.165, 1.54) is 23.1 Å². The summed E-state index contributed by atoms with van der Waals surface area (Å²) in [5.41, 5.74) is 5.42. The lowest BCUT2D eigenvalue weighted by molar-refractivity contribution is -0.0527. The highest BCUT2D eigenvalue weighted by Gasteiger charge is 2.56. The van der Waals surface area contributed by atoms with Crippen LogP contribution in [0.2, 0.25) is 0 Å². The molecule has 2 nitrogen and oxygen atoms in total. The van der Waals surface area contributed by atoms with E-state index in [2.05, 4.69) is 73.3 Å². The fraction of sp³-hybridized carbons (Fsp3) is 0.611. The molecule has 0 N–H and O–H groups in total. The average Bonchev–Trinajstić information content (AvgIpc) is 2.85. The molecule has 216 valence electrons. The summed E-state index contributed by atoms with van der Waals surface area (Å²) < 4.78 is 28.7. The van der Waals surface area contributed by atoms with Crippen LogP contribution in [0.3, 0.4) is 0 Å². The number of rotatable bonds is 11.